The minimum Gasteiger partial charge on any atom is -0.504 e. The number of benzene rings is 2. The Bertz CT molecular complexity index is 1870. The van der Waals surface area contributed by atoms with Gasteiger partial charge in [0.2, 0.25) is 0 Å². The van der Waals surface area contributed by atoms with Gasteiger partial charge < -0.3 is 93.0 Å². The molecule has 22 heteroatoms. The Morgan fingerprint density at radius 1 is 0.651 bits per heavy atom. The maximum Gasteiger partial charge on any atom is 0.331 e. The van der Waals surface area contributed by atoms with Crippen LogP contribution in [0.4, 0.5) is 0 Å². The molecule has 2 aromatic carbocycles. The molecule has 0 unspecified atom stereocenters. The van der Waals surface area contributed by atoms with Gasteiger partial charge >= 0.3 is 17.9 Å². The predicted octanol–water partition coefficient (Wildman–Crippen LogP) is -1.44. The molecular weight excluding hydrogens is 844 g/mol. The zero-order chi connectivity index (χ0) is 46.1. The molecule has 3 aliphatic rings. The number of ether oxygens (including phenoxy) is 11. The zero-order valence-electron chi connectivity index (χ0n) is 34.9. The molecule has 3 fully saturated rings. The molecule has 63 heavy (non-hydrogen) atoms. The maximum absolute atomic E-state index is 13.4. The number of rotatable bonds is 17. The van der Waals surface area contributed by atoms with Gasteiger partial charge in [-0.2, -0.15) is 0 Å². The number of methoxy groups -OCH3 is 2. The first-order valence-corrected chi connectivity index (χ1v) is 19.8. The number of carbonyl (C=O) groups excluding carboxylic acids is 3. The zero-order valence-corrected chi connectivity index (χ0v) is 34.9. The summed E-state index contributed by atoms with van der Waals surface area (Å²) in [6, 6.07) is 8.93. The standard InChI is InChI=1S/C41H54O22/c1-18-34(62-40-32(51)31(50)30(49)27(16-42)59-40)37(57-19(2)44)38(58-20(3)45)41(56-18)63-36-33(52)39(55-13-12-22-7-10-25(53-4)24(47)14-22)60-28(17-43)35(36)61-29(48)11-8-21-6-9-23(46)26(15-21)54-5/h6-11,14-15,18,27-28,30-43,46-47,49-52H,12-13,16-17H2,1-5H3/t18-,27+,28+,30+,31-,32+,33+,34-,35+,36+,37+,38+,39+,40-,41-/m0/s1. The summed E-state index contributed by atoms with van der Waals surface area (Å²) in [6.45, 7) is 1.73. The van der Waals surface area contributed by atoms with Crippen LogP contribution >= 0.6 is 0 Å². The molecule has 22 nitrogen and oxygen atoms in total. The Morgan fingerprint density at radius 2 is 1.30 bits per heavy atom. The van der Waals surface area contributed by atoms with Gasteiger partial charge in [0, 0.05) is 19.9 Å². The van der Waals surface area contributed by atoms with Crippen LogP contribution in [0.3, 0.4) is 0 Å². The highest BCUT2D eigenvalue weighted by Crippen LogP contribution is 2.36. The molecular formula is C41H54O22. The number of hydrogen-bond acceptors (Lipinski definition) is 22. The Labute approximate surface area is 360 Å². The highest BCUT2D eigenvalue weighted by molar-refractivity contribution is 5.87. The number of phenols is 2. The van der Waals surface area contributed by atoms with Gasteiger partial charge in [-0.3, -0.25) is 9.59 Å². The fraction of sp³-hybridized carbons (Fsp3) is 0.585. The van der Waals surface area contributed by atoms with Crippen LogP contribution in [0, 0.1) is 0 Å². The molecule has 3 aliphatic heterocycles. The Morgan fingerprint density at radius 3 is 1.94 bits per heavy atom. The predicted molar refractivity (Wildman–Crippen MR) is 209 cm³/mol. The van der Waals surface area contributed by atoms with Crippen molar-refractivity contribution in [3.05, 3.63) is 53.6 Å². The molecule has 0 radical (unpaired) electrons. The summed E-state index contributed by atoms with van der Waals surface area (Å²) in [4.78, 5) is 38.6. The van der Waals surface area contributed by atoms with Gasteiger partial charge in [0.05, 0.1) is 40.1 Å². The van der Waals surface area contributed by atoms with E-state index in [1.165, 1.54) is 51.5 Å². The lowest BCUT2D eigenvalue weighted by Crippen LogP contribution is -2.67. The monoisotopic (exact) mass is 898 g/mol. The SMILES string of the molecule is COc1ccc(CCO[C@@H]2O[C@H](CO)[C@@H](OC(=O)C=Cc3ccc(O)c(OC)c3)[C@H](O[C@@H]3O[C@@H](C)[C@H](O[C@@H]4O[C@H](CO)[C@@H](O)[C@H](O)[C@H]4O)[C@@H](OC(C)=O)[C@H]3OC(C)=O)[C@H]2O)cc1O. The number of carbonyl (C=O) groups is 3. The van der Waals surface area contributed by atoms with Crippen molar-refractivity contribution in [3.8, 4) is 23.0 Å². The fourth-order valence-corrected chi connectivity index (χ4v) is 7.20. The van der Waals surface area contributed by atoms with Crippen LogP contribution in [0.25, 0.3) is 6.08 Å². The van der Waals surface area contributed by atoms with Gasteiger partial charge in [-0.05, 0) is 54.8 Å². The van der Waals surface area contributed by atoms with Crippen LogP contribution in [0.1, 0.15) is 31.9 Å². The molecule has 15 atom stereocenters. The van der Waals surface area contributed by atoms with E-state index in [1.54, 1.807) is 12.1 Å². The van der Waals surface area contributed by atoms with E-state index in [0.717, 1.165) is 19.9 Å². The lowest BCUT2D eigenvalue weighted by atomic mass is 9.95. The van der Waals surface area contributed by atoms with E-state index in [9.17, 15) is 55.2 Å². The number of phenolic OH excluding ortho intramolecular Hbond substituents is 2. The minimum atomic E-state index is -1.89. The summed E-state index contributed by atoms with van der Waals surface area (Å²) in [5.41, 5.74) is 1.03. The van der Waals surface area contributed by atoms with E-state index in [2.05, 4.69) is 0 Å². The Balaban J connectivity index is 1.45. The van der Waals surface area contributed by atoms with E-state index < -0.39 is 123 Å². The number of hydrogen-bond donors (Lipinski definition) is 8. The van der Waals surface area contributed by atoms with Crippen LogP contribution in [0.2, 0.25) is 0 Å². The van der Waals surface area contributed by atoms with Crippen LogP contribution in [0.5, 0.6) is 23.0 Å². The molecule has 0 aliphatic carbocycles. The molecule has 3 heterocycles. The highest BCUT2D eigenvalue weighted by Gasteiger charge is 2.56. The van der Waals surface area contributed by atoms with Crippen molar-refractivity contribution in [1.29, 1.82) is 0 Å². The first-order valence-electron chi connectivity index (χ1n) is 19.8. The van der Waals surface area contributed by atoms with E-state index in [-0.39, 0.29) is 36.0 Å². The summed E-state index contributed by atoms with van der Waals surface area (Å²) in [5, 5.41) is 83.7. The molecule has 0 bridgehead atoms. The summed E-state index contributed by atoms with van der Waals surface area (Å²) in [5.74, 6) is -2.79. The van der Waals surface area contributed by atoms with Crippen LogP contribution in [0.15, 0.2) is 42.5 Å². The summed E-state index contributed by atoms with van der Waals surface area (Å²) in [6.07, 6.45) is -22.2. The van der Waals surface area contributed by atoms with Gasteiger partial charge in [-0.15, -0.1) is 0 Å². The normalized spacial score (nSPS) is 33.3. The third-order valence-electron chi connectivity index (χ3n) is 10.3. The lowest BCUT2D eigenvalue weighted by molar-refractivity contribution is -0.376. The van der Waals surface area contributed by atoms with Gasteiger partial charge in [-0.1, -0.05) is 12.1 Å². The van der Waals surface area contributed by atoms with Crippen molar-refractivity contribution in [3.63, 3.8) is 0 Å². The summed E-state index contributed by atoms with van der Waals surface area (Å²) < 4.78 is 62.8. The van der Waals surface area contributed by atoms with Crippen LogP contribution in [-0.4, -0.2) is 185 Å². The van der Waals surface area contributed by atoms with Crippen molar-refractivity contribution in [2.45, 2.75) is 119 Å². The van der Waals surface area contributed by atoms with Gasteiger partial charge in [0.1, 0.15) is 48.8 Å². The van der Waals surface area contributed by atoms with Crippen molar-refractivity contribution < 1.29 is 107 Å². The molecule has 8 N–H and O–H groups in total. The molecule has 0 saturated carbocycles. The first kappa shape index (κ1) is 49.3. The molecule has 5 rings (SSSR count). The number of aromatic hydroxyl groups is 2. The third-order valence-corrected chi connectivity index (χ3v) is 10.3. The number of esters is 3. The number of aliphatic hydroxyl groups is 6. The van der Waals surface area contributed by atoms with E-state index in [0.29, 0.717) is 11.1 Å². The van der Waals surface area contributed by atoms with E-state index in [4.69, 9.17) is 52.1 Å². The fourth-order valence-electron chi connectivity index (χ4n) is 7.20. The average Bonchev–Trinajstić information content (AvgIpc) is 3.24. The molecule has 350 valence electrons. The highest BCUT2D eigenvalue weighted by atomic mass is 16.8. The van der Waals surface area contributed by atoms with Crippen molar-refractivity contribution in [2.24, 2.45) is 0 Å². The van der Waals surface area contributed by atoms with Crippen molar-refractivity contribution in [1.82, 2.24) is 0 Å². The Kier molecular flexibility index (Phi) is 17.4. The van der Waals surface area contributed by atoms with Gasteiger partial charge in [0.15, 0.2) is 60.2 Å². The lowest BCUT2D eigenvalue weighted by Gasteiger charge is -2.49. The second kappa shape index (κ2) is 22.3. The van der Waals surface area contributed by atoms with Crippen LogP contribution in [-0.2, 0) is 63.4 Å². The first-order chi connectivity index (χ1) is 30.0. The molecule has 0 spiro atoms. The minimum absolute atomic E-state index is 0.120. The average molecular weight is 899 g/mol. The second-order valence-corrected chi connectivity index (χ2v) is 14.8. The van der Waals surface area contributed by atoms with E-state index >= 15 is 0 Å². The maximum atomic E-state index is 13.4. The molecule has 0 aromatic heterocycles. The topological polar surface area (TPSA) is 315 Å². The van der Waals surface area contributed by atoms with Crippen molar-refractivity contribution >= 4 is 24.0 Å². The second-order valence-electron chi connectivity index (χ2n) is 14.8. The molecule has 2 aromatic rings. The van der Waals surface area contributed by atoms with E-state index in [1.807, 2.05) is 0 Å². The Hall–Kier alpha value is -4.69. The largest absolute Gasteiger partial charge is 0.504 e. The third kappa shape index (κ3) is 12.1. The van der Waals surface area contributed by atoms with Crippen LogP contribution < -0.4 is 9.47 Å². The molecule has 0 amide bonds. The van der Waals surface area contributed by atoms with Gasteiger partial charge in [0.25, 0.3) is 0 Å². The van der Waals surface area contributed by atoms with Crippen molar-refractivity contribution in [2.75, 3.05) is 34.0 Å². The molecule has 3 saturated heterocycles. The van der Waals surface area contributed by atoms with Gasteiger partial charge in [-0.25, -0.2) is 4.79 Å². The summed E-state index contributed by atoms with van der Waals surface area (Å²) in [7, 11) is 2.73. The quantitative estimate of drug-likeness (QED) is 0.0512. The number of aliphatic hydroxyl groups excluding tert-OH is 6. The smallest absolute Gasteiger partial charge is 0.331 e. The summed E-state index contributed by atoms with van der Waals surface area (Å²) >= 11 is 0.